The Kier molecular flexibility index (Phi) is 3.49. The summed E-state index contributed by atoms with van der Waals surface area (Å²) in [5, 5.41) is 13.5. The number of hydrogen-bond donors (Lipinski definition) is 1. The van der Waals surface area contributed by atoms with Gasteiger partial charge in [-0.1, -0.05) is 12.8 Å². The molecule has 1 aliphatic carbocycles. The maximum atomic E-state index is 12.9. The van der Waals surface area contributed by atoms with E-state index >= 15 is 0 Å². The van der Waals surface area contributed by atoms with E-state index in [1.807, 2.05) is 0 Å². The van der Waals surface area contributed by atoms with Gasteiger partial charge in [0.25, 0.3) is 0 Å². The third kappa shape index (κ3) is 2.49. The first kappa shape index (κ1) is 12.9. The van der Waals surface area contributed by atoms with E-state index in [1.54, 1.807) is 0 Å². The van der Waals surface area contributed by atoms with E-state index in [0.29, 0.717) is 12.8 Å². The van der Waals surface area contributed by atoms with Crippen LogP contribution in [0.25, 0.3) is 0 Å². The van der Waals surface area contributed by atoms with Gasteiger partial charge in [-0.3, -0.25) is 4.68 Å². The monoisotopic (exact) mass is 312 g/mol. The zero-order chi connectivity index (χ0) is 12.6. The van der Waals surface area contributed by atoms with Crippen LogP contribution in [0.15, 0.2) is 10.7 Å². The summed E-state index contributed by atoms with van der Waals surface area (Å²) in [7, 11) is 0. The molecule has 0 radical (unpaired) electrons. The highest BCUT2D eigenvalue weighted by Gasteiger charge is 2.40. The van der Waals surface area contributed by atoms with Crippen molar-refractivity contribution < 1.29 is 18.3 Å². The van der Waals surface area contributed by atoms with Crippen molar-refractivity contribution in [3.05, 3.63) is 16.4 Å². The van der Waals surface area contributed by atoms with Crippen molar-refractivity contribution in [1.29, 1.82) is 0 Å². The van der Waals surface area contributed by atoms with Crippen LogP contribution in [0.2, 0.25) is 0 Å². The zero-order valence-electron chi connectivity index (χ0n) is 8.91. The lowest BCUT2D eigenvalue weighted by atomic mass is 9.92. The van der Waals surface area contributed by atoms with E-state index in [9.17, 15) is 18.3 Å². The Morgan fingerprint density at radius 2 is 2.00 bits per heavy atom. The first-order chi connectivity index (χ1) is 7.91. The summed E-state index contributed by atoms with van der Waals surface area (Å²) in [4.78, 5) is 0. The largest absolute Gasteiger partial charge is 0.434 e. The van der Waals surface area contributed by atoms with E-state index < -0.39 is 24.0 Å². The maximum absolute atomic E-state index is 12.9. The summed E-state index contributed by atoms with van der Waals surface area (Å²) in [5.74, 6) is 0. The molecule has 7 heteroatoms. The Hall–Kier alpha value is -0.560. The van der Waals surface area contributed by atoms with Crippen molar-refractivity contribution in [3.63, 3.8) is 0 Å². The Morgan fingerprint density at radius 3 is 2.59 bits per heavy atom. The SMILES string of the molecule is OC1CCCCC1n1ncc(Br)c1C(F)(F)F. The van der Waals surface area contributed by atoms with Gasteiger partial charge >= 0.3 is 6.18 Å². The normalized spacial score (nSPS) is 26.2. The number of aromatic nitrogens is 2. The molecule has 0 spiro atoms. The molecule has 2 rings (SSSR count). The topological polar surface area (TPSA) is 38.0 Å². The minimum atomic E-state index is -4.47. The molecule has 1 aliphatic rings. The standard InChI is InChI=1S/C10H12BrF3N2O/c11-6-5-15-16(9(6)10(12,13)14)7-3-1-2-4-8(7)17/h5,7-8,17H,1-4H2. The molecule has 2 unspecified atom stereocenters. The second-order valence-electron chi connectivity index (χ2n) is 4.20. The van der Waals surface area contributed by atoms with Gasteiger partial charge in [0.05, 0.1) is 22.8 Å². The van der Waals surface area contributed by atoms with E-state index in [1.165, 1.54) is 0 Å². The van der Waals surface area contributed by atoms with Crippen LogP contribution in [0.3, 0.4) is 0 Å². The molecule has 0 aromatic carbocycles. The van der Waals surface area contributed by atoms with Crippen LogP contribution in [-0.4, -0.2) is 21.0 Å². The second kappa shape index (κ2) is 4.61. The molecule has 0 saturated heterocycles. The lowest BCUT2D eigenvalue weighted by Gasteiger charge is -2.29. The smallest absolute Gasteiger partial charge is 0.391 e. The third-order valence-corrected chi connectivity index (χ3v) is 3.61. The molecule has 0 aliphatic heterocycles. The molecule has 1 fully saturated rings. The highest BCUT2D eigenvalue weighted by atomic mass is 79.9. The molecule has 17 heavy (non-hydrogen) atoms. The van der Waals surface area contributed by atoms with E-state index in [0.717, 1.165) is 23.7 Å². The number of nitrogens with zero attached hydrogens (tertiary/aromatic N) is 2. The fraction of sp³-hybridized carbons (Fsp3) is 0.700. The van der Waals surface area contributed by atoms with Crippen LogP contribution in [0.4, 0.5) is 13.2 Å². The highest BCUT2D eigenvalue weighted by Crippen LogP contribution is 2.39. The van der Waals surface area contributed by atoms with Gasteiger partial charge in [-0.2, -0.15) is 18.3 Å². The Bertz CT molecular complexity index is 405. The van der Waals surface area contributed by atoms with Crippen molar-refractivity contribution in [1.82, 2.24) is 9.78 Å². The number of aliphatic hydroxyl groups is 1. The molecular formula is C10H12BrF3N2O. The van der Waals surface area contributed by atoms with Crippen LogP contribution < -0.4 is 0 Å². The summed E-state index contributed by atoms with van der Waals surface area (Å²) in [6.45, 7) is 0. The fourth-order valence-corrected chi connectivity index (χ4v) is 2.73. The predicted molar refractivity (Wildman–Crippen MR) is 58.4 cm³/mol. The van der Waals surface area contributed by atoms with Gasteiger partial charge in [-0.25, -0.2) is 0 Å². The summed E-state index contributed by atoms with van der Waals surface area (Å²) >= 11 is 2.85. The van der Waals surface area contributed by atoms with E-state index in [4.69, 9.17) is 0 Å². The number of aliphatic hydroxyl groups excluding tert-OH is 1. The van der Waals surface area contributed by atoms with Gasteiger partial charge in [0.1, 0.15) is 0 Å². The molecular weight excluding hydrogens is 301 g/mol. The maximum Gasteiger partial charge on any atom is 0.434 e. The number of alkyl halides is 3. The Labute approximate surface area is 105 Å². The van der Waals surface area contributed by atoms with Crippen LogP contribution in [-0.2, 0) is 6.18 Å². The van der Waals surface area contributed by atoms with Gasteiger partial charge in [0, 0.05) is 0 Å². The first-order valence-electron chi connectivity index (χ1n) is 5.39. The van der Waals surface area contributed by atoms with Gasteiger partial charge in [0.2, 0.25) is 0 Å². The molecule has 1 saturated carbocycles. The number of hydrogen-bond acceptors (Lipinski definition) is 2. The van der Waals surface area contributed by atoms with Crippen LogP contribution in [0.5, 0.6) is 0 Å². The quantitative estimate of drug-likeness (QED) is 0.865. The summed E-state index contributed by atoms with van der Waals surface area (Å²) < 4.78 is 39.4. The second-order valence-corrected chi connectivity index (χ2v) is 5.06. The van der Waals surface area contributed by atoms with E-state index in [-0.39, 0.29) is 4.47 Å². The number of halogens is 4. The molecule has 1 N–H and O–H groups in total. The Balaban J connectivity index is 2.38. The number of rotatable bonds is 1. The highest BCUT2D eigenvalue weighted by molar-refractivity contribution is 9.10. The molecule has 96 valence electrons. The van der Waals surface area contributed by atoms with Gasteiger partial charge in [-0.05, 0) is 28.8 Å². The van der Waals surface area contributed by atoms with Crippen molar-refractivity contribution in [2.24, 2.45) is 0 Å². The molecule has 2 atom stereocenters. The van der Waals surface area contributed by atoms with Gasteiger partial charge in [0.15, 0.2) is 5.69 Å². The summed E-state index contributed by atoms with van der Waals surface area (Å²) in [6, 6.07) is -0.577. The predicted octanol–water partition coefficient (Wildman–Crippen LogP) is 3.14. The summed E-state index contributed by atoms with van der Waals surface area (Å²) in [6.07, 6.45) is -1.37. The molecule has 1 heterocycles. The molecule has 1 aromatic heterocycles. The van der Waals surface area contributed by atoms with Crippen LogP contribution >= 0.6 is 15.9 Å². The van der Waals surface area contributed by atoms with E-state index in [2.05, 4.69) is 21.0 Å². The Morgan fingerprint density at radius 1 is 1.35 bits per heavy atom. The minimum absolute atomic E-state index is 0.0808. The molecule has 0 amide bonds. The minimum Gasteiger partial charge on any atom is -0.391 e. The van der Waals surface area contributed by atoms with Crippen molar-refractivity contribution >= 4 is 15.9 Å². The summed E-state index contributed by atoms with van der Waals surface area (Å²) in [5.41, 5.74) is -0.816. The lowest BCUT2D eigenvalue weighted by molar-refractivity contribution is -0.147. The molecule has 0 bridgehead atoms. The van der Waals surface area contributed by atoms with Crippen LogP contribution in [0.1, 0.15) is 37.4 Å². The van der Waals surface area contributed by atoms with Crippen LogP contribution in [0, 0.1) is 0 Å². The zero-order valence-corrected chi connectivity index (χ0v) is 10.5. The average Bonchev–Trinajstić information content (AvgIpc) is 2.60. The van der Waals surface area contributed by atoms with Crippen molar-refractivity contribution in [2.75, 3.05) is 0 Å². The van der Waals surface area contributed by atoms with Gasteiger partial charge < -0.3 is 5.11 Å². The molecule has 1 aromatic rings. The lowest BCUT2D eigenvalue weighted by Crippen LogP contribution is -2.31. The molecule has 3 nitrogen and oxygen atoms in total. The third-order valence-electron chi connectivity index (χ3n) is 3.03. The fourth-order valence-electron chi connectivity index (χ4n) is 2.23. The van der Waals surface area contributed by atoms with Gasteiger partial charge in [-0.15, -0.1) is 0 Å². The average molecular weight is 313 g/mol. The van der Waals surface area contributed by atoms with Crippen molar-refractivity contribution in [2.45, 2.75) is 44.0 Å². The first-order valence-corrected chi connectivity index (χ1v) is 6.19. The van der Waals surface area contributed by atoms with Crippen molar-refractivity contribution in [3.8, 4) is 0 Å².